The Kier molecular flexibility index (Phi) is 5.08. The van der Waals surface area contributed by atoms with E-state index in [1.807, 2.05) is 19.0 Å². The maximum absolute atomic E-state index is 12.7. The standard InChI is InChI=1S/C15H27N3O3/c1-11-6-8-18(13(9-11)14(19)20)15(21)17-7-4-5-12(10-17)16(2)3/h11-13H,4-10H2,1-3H3,(H,19,20). The monoisotopic (exact) mass is 297 g/mol. The fourth-order valence-electron chi connectivity index (χ4n) is 3.34. The van der Waals surface area contributed by atoms with Gasteiger partial charge in [-0.05, 0) is 45.7 Å². The summed E-state index contributed by atoms with van der Waals surface area (Å²) in [6, 6.07) is -0.392. The SMILES string of the molecule is CC1CCN(C(=O)N2CCCC(N(C)C)C2)C(C(=O)O)C1. The minimum absolute atomic E-state index is 0.0964. The minimum Gasteiger partial charge on any atom is -0.480 e. The van der Waals surface area contributed by atoms with E-state index in [1.54, 1.807) is 4.90 Å². The zero-order valence-electron chi connectivity index (χ0n) is 13.3. The molecule has 2 aliphatic rings. The second-order valence-corrected chi connectivity index (χ2v) is 6.67. The normalized spacial score (nSPS) is 30.6. The van der Waals surface area contributed by atoms with Gasteiger partial charge in [0.2, 0.25) is 0 Å². The Morgan fingerprint density at radius 3 is 2.52 bits per heavy atom. The molecule has 6 heteroatoms. The molecule has 2 heterocycles. The second-order valence-electron chi connectivity index (χ2n) is 6.67. The Balaban J connectivity index is 2.05. The Morgan fingerprint density at radius 1 is 1.19 bits per heavy atom. The lowest BCUT2D eigenvalue weighted by Gasteiger charge is -2.42. The van der Waals surface area contributed by atoms with Crippen LogP contribution in [0.5, 0.6) is 0 Å². The summed E-state index contributed by atoms with van der Waals surface area (Å²) < 4.78 is 0. The number of likely N-dealkylation sites (N-methyl/N-ethyl adjacent to an activating group) is 1. The number of carboxylic acids is 1. The molecule has 0 aromatic heterocycles. The summed E-state index contributed by atoms with van der Waals surface area (Å²) in [6.45, 7) is 4.05. The largest absolute Gasteiger partial charge is 0.480 e. The van der Waals surface area contributed by atoms with Crippen LogP contribution in [0.3, 0.4) is 0 Å². The van der Waals surface area contributed by atoms with Gasteiger partial charge in [0.05, 0.1) is 0 Å². The van der Waals surface area contributed by atoms with E-state index in [4.69, 9.17) is 0 Å². The van der Waals surface area contributed by atoms with Crippen LogP contribution in [0.1, 0.15) is 32.6 Å². The van der Waals surface area contributed by atoms with Crippen LogP contribution in [-0.4, -0.2) is 77.6 Å². The molecule has 2 rings (SSSR count). The lowest BCUT2D eigenvalue weighted by atomic mass is 9.92. The maximum Gasteiger partial charge on any atom is 0.326 e. The number of rotatable bonds is 2. The lowest BCUT2D eigenvalue weighted by Crippen LogP contribution is -2.57. The van der Waals surface area contributed by atoms with Crippen LogP contribution < -0.4 is 0 Å². The molecule has 6 nitrogen and oxygen atoms in total. The van der Waals surface area contributed by atoms with E-state index in [-0.39, 0.29) is 6.03 Å². The highest BCUT2D eigenvalue weighted by Gasteiger charge is 2.38. The zero-order valence-corrected chi connectivity index (χ0v) is 13.3. The number of carboxylic acid groups (broad SMARTS) is 1. The number of likely N-dealkylation sites (tertiary alicyclic amines) is 2. The fourth-order valence-corrected chi connectivity index (χ4v) is 3.34. The summed E-state index contributed by atoms with van der Waals surface area (Å²) in [5.41, 5.74) is 0. The molecule has 0 aromatic carbocycles. The van der Waals surface area contributed by atoms with Crippen LogP contribution in [0.2, 0.25) is 0 Å². The van der Waals surface area contributed by atoms with Gasteiger partial charge in [0.1, 0.15) is 6.04 Å². The molecule has 0 spiro atoms. The van der Waals surface area contributed by atoms with Crippen molar-refractivity contribution in [3.8, 4) is 0 Å². The minimum atomic E-state index is -0.879. The molecule has 0 aromatic rings. The highest BCUT2D eigenvalue weighted by molar-refractivity contribution is 5.83. The van der Waals surface area contributed by atoms with Crippen molar-refractivity contribution in [1.82, 2.24) is 14.7 Å². The first-order valence-corrected chi connectivity index (χ1v) is 7.85. The molecule has 0 radical (unpaired) electrons. The van der Waals surface area contributed by atoms with Crippen LogP contribution in [0.4, 0.5) is 4.79 Å². The first-order valence-electron chi connectivity index (χ1n) is 7.85. The van der Waals surface area contributed by atoms with Gasteiger partial charge in [-0.1, -0.05) is 6.92 Å². The Labute approximate surface area is 126 Å². The molecule has 2 amide bonds. The van der Waals surface area contributed by atoms with Crippen molar-refractivity contribution in [2.45, 2.75) is 44.7 Å². The van der Waals surface area contributed by atoms with Gasteiger partial charge in [-0.2, -0.15) is 0 Å². The number of urea groups is 1. The Morgan fingerprint density at radius 2 is 1.90 bits per heavy atom. The Hall–Kier alpha value is -1.30. The summed E-state index contributed by atoms with van der Waals surface area (Å²) in [7, 11) is 4.06. The van der Waals surface area contributed by atoms with Gasteiger partial charge in [-0.3, -0.25) is 0 Å². The third-order valence-electron chi connectivity index (χ3n) is 4.79. The molecule has 0 aliphatic carbocycles. The van der Waals surface area contributed by atoms with Crippen molar-refractivity contribution in [3.05, 3.63) is 0 Å². The summed E-state index contributed by atoms with van der Waals surface area (Å²) in [5, 5.41) is 9.39. The highest BCUT2D eigenvalue weighted by atomic mass is 16.4. The zero-order chi connectivity index (χ0) is 15.6. The van der Waals surface area contributed by atoms with E-state index < -0.39 is 12.0 Å². The second kappa shape index (κ2) is 6.64. The van der Waals surface area contributed by atoms with Crippen molar-refractivity contribution in [2.24, 2.45) is 5.92 Å². The number of piperidine rings is 2. The van der Waals surface area contributed by atoms with Gasteiger partial charge in [-0.25, -0.2) is 9.59 Å². The van der Waals surface area contributed by atoms with Gasteiger partial charge in [-0.15, -0.1) is 0 Å². The predicted octanol–water partition coefficient (Wildman–Crippen LogP) is 1.32. The van der Waals surface area contributed by atoms with Gasteiger partial charge in [0.25, 0.3) is 0 Å². The third kappa shape index (κ3) is 3.67. The molecule has 1 N–H and O–H groups in total. The number of hydrogen-bond donors (Lipinski definition) is 1. The Bertz CT molecular complexity index is 400. The quantitative estimate of drug-likeness (QED) is 0.835. The van der Waals surface area contributed by atoms with Crippen molar-refractivity contribution in [3.63, 3.8) is 0 Å². The van der Waals surface area contributed by atoms with Crippen molar-refractivity contribution < 1.29 is 14.7 Å². The average molecular weight is 297 g/mol. The van der Waals surface area contributed by atoms with Crippen molar-refractivity contribution in [1.29, 1.82) is 0 Å². The molecule has 0 saturated carbocycles. The van der Waals surface area contributed by atoms with Crippen LogP contribution in [0.25, 0.3) is 0 Å². The molecule has 2 saturated heterocycles. The molecule has 0 bridgehead atoms. The maximum atomic E-state index is 12.7. The summed E-state index contributed by atoms with van der Waals surface area (Å²) >= 11 is 0. The molecular weight excluding hydrogens is 270 g/mol. The van der Waals surface area contributed by atoms with Crippen LogP contribution >= 0.6 is 0 Å². The van der Waals surface area contributed by atoms with E-state index in [9.17, 15) is 14.7 Å². The van der Waals surface area contributed by atoms with Crippen LogP contribution in [0, 0.1) is 5.92 Å². The molecule has 2 fully saturated rings. The predicted molar refractivity (Wildman–Crippen MR) is 80.2 cm³/mol. The summed E-state index contributed by atoms with van der Waals surface area (Å²) in [5.74, 6) is -0.512. The van der Waals surface area contributed by atoms with Crippen molar-refractivity contribution in [2.75, 3.05) is 33.7 Å². The number of hydrogen-bond acceptors (Lipinski definition) is 3. The molecule has 3 atom stereocenters. The van der Waals surface area contributed by atoms with E-state index in [0.29, 0.717) is 31.5 Å². The molecule has 21 heavy (non-hydrogen) atoms. The number of aliphatic carboxylic acids is 1. The number of carbonyl (C=O) groups excluding carboxylic acids is 1. The van der Waals surface area contributed by atoms with Gasteiger partial charge in [0.15, 0.2) is 0 Å². The van der Waals surface area contributed by atoms with Gasteiger partial charge < -0.3 is 19.8 Å². The summed E-state index contributed by atoms with van der Waals surface area (Å²) in [6.07, 6.45) is 3.53. The topological polar surface area (TPSA) is 64.1 Å². The molecule has 3 unspecified atom stereocenters. The van der Waals surface area contributed by atoms with Crippen molar-refractivity contribution >= 4 is 12.0 Å². The smallest absolute Gasteiger partial charge is 0.326 e. The van der Waals surface area contributed by atoms with Crippen LogP contribution in [0.15, 0.2) is 0 Å². The number of carbonyl (C=O) groups is 2. The first kappa shape index (κ1) is 16.1. The van der Waals surface area contributed by atoms with E-state index >= 15 is 0 Å². The van der Waals surface area contributed by atoms with Gasteiger partial charge in [0, 0.05) is 25.7 Å². The van der Waals surface area contributed by atoms with Gasteiger partial charge >= 0.3 is 12.0 Å². The van der Waals surface area contributed by atoms with E-state index in [0.717, 1.165) is 25.8 Å². The highest BCUT2D eigenvalue weighted by Crippen LogP contribution is 2.25. The number of nitrogens with zero attached hydrogens (tertiary/aromatic N) is 3. The van der Waals surface area contributed by atoms with Crippen LogP contribution in [-0.2, 0) is 4.79 Å². The fraction of sp³-hybridized carbons (Fsp3) is 0.867. The molecule has 2 aliphatic heterocycles. The van der Waals surface area contributed by atoms with E-state index in [1.165, 1.54) is 0 Å². The van der Waals surface area contributed by atoms with E-state index in [2.05, 4.69) is 11.8 Å². The third-order valence-corrected chi connectivity index (χ3v) is 4.79. The lowest BCUT2D eigenvalue weighted by molar-refractivity contribution is -0.144. The molecular formula is C15H27N3O3. The first-order chi connectivity index (χ1) is 9.90. The number of amides is 2. The summed E-state index contributed by atoms with van der Waals surface area (Å²) in [4.78, 5) is 29.7. The average Bonchev–Trinajstić information content (AvgIpc) is 2.46. The molecule has 120 valence electrons.